The van der Waals surface area contributed by atoms with Crippen molar-refractivity contribution in [1.82, 2.24) is 0 Å². The normalized spacial score (nSPS) is 22.1. The third-order valence-corrected chi connectivity index (χ3v) is 8.71. The molecule has 10 nitrogen and oxygen atoms in total. The van der Waals surface area contributed by atoms with Gasteiger partial charge in [0.05, 0.1) is 13.2 Å². The quantitative estimate of drug-likeness (QED) is 0.0512. The summed E-state index contributed by atoms with van der Waals surface area (Å²) in [5, 5.41) is 39.5. The zero-order valence-electron chi connectivity index (χ0n) is 29.1. The number of carbonyl (C=O) groups is 2. The Morgan fingerprint density at radius 3 is 1.52 bits per heavy atom. The molecule has 1 rings (SSSR count). The minimum absolute atomic E-state index is 0.221. The van der Waals surface area contributed by atoms with Crippen LogP contribution in [0.1, 0.15) is 162 Å². The molecule has 0 amide bonds. The molecule has 1 aliphatic rings. The van der Waals surface area contributed by atoms with Gasteiger partial charge in [0.2, 0.25) is 0 Å². The average molecular weight is 661 g/mol. The second-order valence-electron chi connectivity index (χ2n) is 13.0. The number of carbonyl (C=O) groups excluding carboxylic acids is 2. The minimum Gasteiger partial charge on any atom is -0.462 e. The van der Waals surface area contributed by atoms with Crippen LogP contribution in [-0.2, 0) is 28.5 Å². The SMILES string of the molecule is CCCCCCCCCCCCCCCCCCCCCCC(=O)OC(COC(=O)CCC)COC1OC(CO)C(O)C(O)C1O. The molecule has 1 saturated heterocycles. The summed E-state index contributed by atoms with van der Waals surface area (Å²) in [6, 6.07) is 0. The Labute approximate surface area is 278 Å². The van der Waals surface area contributed by atoms with Gasteiger partial charge in [-0.25, -0.2) is 0 Å². The summed E-state index contributed by atoms with van der Waals surface area (Å²) in [7, 11) is 0. The van der Waals surface area contributed by atoms with E-state index in [0.29, 0.717) is 12.8 Å². The Bertz CT molecular complexity index is 734. The van der Waals surface area contributed by atoms with Crippen LogP contribution >= 0.6 is 0 Å². The van der Waals surface area contributed by atoms with E-state index in [0.717, 1.165) is 19.3 Å². The first-order chi connectivity index (χ1) is 22.3. The summed E-state index contributed by atoms with van der Waals surface area (Å²) < 4.78 is 21.6. The second-order valence-corrected chi connectivity index (χ2v) is 13.0. The highest BCUT2D eigenvalue weighted by Gasteiger charge is 2.44. The van der Waals surface area contributed by atoms with E-state index in [1.165, 1.54) is 103 Å². The van der Waals surface area contributed by atoms with Gasteiger partial charge in [-0.05, 0) is 12.8 Å². The van der Waals surface area contributed by atoms with E-state index in [-0.39, 0.29) is 26.1 Å². The summed E-state index contributed by atoms with van der Waals surface area (Å²) in [6.45, 7) is 3.04. The summed E-state index contributed by atoms with van der Waals surface area (Å²) in [4.78, 5) is 24.4. The number of ether oxygens (including phenoxy) is 4. The van der Waals surface area contributed by atoms with Crippen LogP contribution in [0, 0.1) is 0 Å². The zero-order chi connectivity index (χ0) is 33.8. The first kappa shape index (κ1) is 42.7. The van der Waals surface area contributed by atoms with Crippen molar-refractivity contribution in [3.63, 3.8) is 0 Å². The van der Waals surface area contributed by atoms with Gasteiger partial charge in [-0.2, -0.15) is 0 Å². The van der Waals surface area contributed by atoms with Gasteiger partial charge < -0.3 is 39.4 Å². The second kappa shape index (κ2) is 28.7. The number of unbranched alkanes of at least 4 members (excludes halogenated alkanes) is 19. The van der Waals surface area contributed by atoms with Crippen LogP contribution in [0.15, 0.2) is 0 Å². The zero-order valence-corrected chi connectivity index (χ0v) is 29.1. The predicted molar refractivity (Wildman–Crippen MR) is 178 cm³/mol. The highest BCUT2D eigenvalue weighted by molar-refractivity contribution is 5.70. The fourth-order valence-corrected chi connectivity index (χ4v) is 5.75. The van der Waals surface area contributed by atoms with Crippen LogP contribution in [0.2, 0.25) is 0 Å². The number of hydrogen-bond donors (Lipinski definition) is 4. The van der Waals surface area contributed by atoms with Crippen molar-refractivity contribution < 1.29 is 49.0 Å². The molecule has 1 fully saturated rings. The third kappa shape index (κ3) is 20.8. The van der Waals surface area contributed by atoms with E-state index in [4.69, 9.17) is 18.9 Å². The molecular weight excluding hydrogens is 592 g/mol. The fourth-order valence-electron chi connectivity index (χ4n) is 5.75. The molecule has 1 heterocycles. The molecular formula is C36H68O10. The van der Waals surface area contributed by atoms with Gasteiger partial charge >= 0.3 is 11.9 Å². The monoisotopic (exact) mass is 660 g/mol. The van der Waals surface area contributed by atoms with Crippen molar-refractivity contribution in [1.29, 1.82) is 0 Å². The highest BCUT2D eigenvalue weighted by Crippen LogP contribution is 2.22. The van der Waals surface area contributed by atoms with E-state index >= 15 is 0 Å². The lowest BCUT2D eigenvalue weighted by Gasteiger charge is -2.39. The average Bonchev–Trinajstić information content (AvgIpc) is 3.04. The maximum absolute atomic E-state index is 12.5. The van der Waals surface area contributed by atoms with Crippen LogP contribution in [-0.4, -0.2) is 89.0 Å². The molecule has 1 aliphatic heterocycles. The first-order valence-electron chi connectivity index (χ1n) is 18.6. The maximum atomic E-state index is 12.5. The highest BCUT2D eigenvalue weighted by atomic mass is 16.7. The number of esters is 2. The largest absolute Gasteiger partial charge is 0.462 e. The molecule has 0 spiro atoms. The van der Waals surface area contributed by atoms with Crippen LogP contribution in [0.5, 0.6) is 0 Å². The molecule has 0 bridgehead atoms. The van der Waals surface area contributed by atoms with Crippen molar-refractivity contribution in [2.24, 2.45) is 0 Å². The number of rotatable bonds is 30. The lowest BCUT2D eigenvalue weighted by molar-refractivity contribution is -0.305. The Morgan fingerprint density at radius 1 is 0.587 bits per heavy atom. The van der Waals surface area contributed by atoms with Gasteiger partial charge in [-0.15, -0.1) is 0 Å². The Morgan fingerprint density at radius 2 is 1.07 bits per heavy atom. The van der Waals surface area contributed by atoms with Crippen LogP contribution in [0.3, 0.4) is 0 Å². The van der Waals surface area contributed by atoms with E-state index in [9.17, 15) is 30.0 Å². The fraction of sp³-hybridized carbons (Fsp3) is 0.944. The van der Waals surface area contributed by atoms with Gasteiger partial charge in [0.1, 0.15) is 31.0 Å². The van der Waals surface area contributed by atoms with Crippen molar-refractivity contribution in [3.8, 4) is 0 Å². The van der Waals surface area contributed by atoms with Gasteiger partial charge in [0, 0.05) is 12.8 Å². The lowest BCUT2D eigenvalue weighted by Crippen LogP contribution is -2.59. The minimum atomic E-state index is -1.58. The Kier molecular flexibility index (Phi) is 26.6. The van der Waals surface area contributed by atoms with Crippen molar-refractivity contribution in [3.05, 3.63) is 0 Å². The van der Waals surface area contributed by atoms with Crippen LogP contribution in [0.4, 0.5) is 0 Å². The molecule has 6 unspecified atom stereocenters. The number of aliphatic hydroxyl groups excluding tert-OH is 4. The van der Waals surface area contributed by atoms with E-state index in [2.05, 4.69) is 6.92 Å². The van der Waals surface area contributed by atoms with E-state index in [1.807, 2.05) is 6.92 Å². The smallest absolute Gasteiger partial charge is 0.306 e. The molecule has 0 aromatic rings. The van der Waals surface area contributed by atoms with Crippen molar-refractivity contribution in [2.75, 3.05) is 19.8 Å². The molecule has 46 heavy (non-hydrogen) atoms. The van der Waals surface area contributed by atoms with Crippen LogP contribution in [0.25, 0.3) is 0 Å². The topological polar surface area (TPSA) is 152 Å². The van der Waals surface area contributed by atoms with Crippen molar-refractivity contribution >= 4 is 11.9 Å². The van der Waals surface area contributed by atoms with Crippen LogP contribution < -0.4 is 0 Å². The number of aliphatic hydroxyl groups is 4. The molecule has 10 heteroatoms. The van der Waals surface area contributed by atoms with E-state index < -0.39 is 55.4 Å². The Balaban J connectivity index is 2.13. The lowest BCUT2D eigenvalue weighted by atomic mass is 9.99. The van der Waals surface area contributed by atoms with Crippen molar-refractivity contribution in [2.45, 2.75) is 198 Å². The summed E-state index contributed by atoms with van der Waals surface area (Å²) in [6.07, 6.45) is 18.7. The van der Waals surface area contributed by atoms with E-state index in [1.54, 1.807) is 0 Å². The molecule has 0 aliphatic carbocycles. The molecule has 272 valence electrons. The van der Waals surface area contributed by atoms with Gasteiger partial charge in [0.15, 0.2) is 12.4 Å². The summed E-state index contributed by atoms with van der Waals surface area (Å²) in [5.74, 6) is -0.859. The number of hydrogen-bond acceptors (Lipinski definition) is 10. The molecule has 6 atom stereocenters. The molecule has 0 aromatic carbocycles. The molecule has 0 radical (unpaired) electrons. The Hall–Kier alpha value is -1.30. The van der Waals surface area contributed by atoms with Gasteiger partial charge in [-0.3, -0.25) is 9.59 Å². The summed E-state index contributed by atoms with van der Waals surface area (Å²) in [5.41, 5.74) is 0. The predicted octanol–water partition coefficient (Wildman–Crippen LogP) is 6.27. The maximum Gasteiger partial charge on any atom is 0.306 e. The molecule has 0 saturated carbocycles. The molecule has 0 aromatic heterocycles. The summed E-state index contributed by atoms with van der Waals surface area (Å²) >= 11 is 0. The molecule has 4 N–H and O–H groups in total. The van der Waals surface area contributed by atoms with Gasteiger partial charge in [-0.1, -0.05) is 136 Å². The van der Waals surface area contributed by atoms with Gasteiger partial charge in [0.25, 0.3) is 0 Å². The third-order valence-electron chi connectivity index (χ3n) is 8.71. The standard InChI is InChI=1S/C36H68O10/c1-3-5-6-7-8-9-10-11-12-13-14-15-16-17-18-19-20-21-22-23-25-32(39)45-29(27-43-31(38)24-4-2)28-44-36-35(42)34(41)33(40)30(26-37)46-36/h29-30,33-37,40-42H,3-28H2,1-2H3. The first-order valence-corrected chi connectivity index (χ1v) is 18.6.